The Morgan fingerprint density at radius 1 is 1.24 bits per heavy atom. The maximum atomic E-state index is 13.1. The van der Waals surface area contributed by atoms with Crippen LogP contribution >= 0.6 is 11.3 Å². The minimum atomic E-state index is -0.175. The van der Waals surface area contributed by atoms with Gasteiger partial charge in [-0.3, -0.25) is 19.0 Å². The van der Waals surface area contributed by atoms with E-state index in [1.807, 2.05) is 6.92 Å². The molecule has 2 aromatic heterocycles. The van der Waals surface area contributed by atoms with Crippen molar-refractivity contribution in [2.45, 2.75) is 59.4 Å². The molecule has 0 saturated carbocycles. The number of piperidine rings is 1. The number of amides is 1. The Morgan fingerprint density at radius 2 is 1.97 bits per heavy atom. The van der Waals surface area contributed by atoms with Gasteiger partial charge in [-0.2, -0.15) is 0 Å². The Kier molecular flexibility index (Phi) is 7.05. The van der Waals surface area contributed by atoms with E-state index in [9.17, 15) is 14.4 Å². The van der Waals surface area contributed by atoms with Gasteiger partial charge in [-0.1, -0.05) is 19.8 Å². The van der Waals surface area contributed by atoms with Gasteiger partial charge in [-0.15, -0.1) is 11.3 Å². The summed E-state index contributed by atoms with van der Waals surface area (Å²) in [5.74, 6) is -0.394. The van der Waals surface area contributed by atoms with Gasteiger partial charge in [0.25, 0.3) is 11.5 Å². The first-order chi connectivity index (χ1) is 14.0. The van der Waals surface area contributed by atoms with Gasteiger partial charge < -0.3 is 9.64 Å². The van der Waals surface area contributed by atoms with Crippen molar-refractivity contribution >= 4 is 33.4 Å². The largest absolute Gasteiger partial charge is 0.466 e. The molecular weight excluding hydrogens is 390 g/mol. The first-order valence-electron chi connectivity index (χ1n) is 10.4. The Bertz CT molecular complexity index is 941. The van der Waals surface area contributed by atoms with Crippen LogP contribution in [0.4, 0.5) is 0 Å². The van der Waals surface area contributed by atoms with E-state index in [4.69, 9.17) is 4.74 Å². The number of hydrogen-bond acceptors (Lipinski definition) is 6. The van der Waals surface area contributed by atoms with Crippen molar-refractivity contribution in [3.8, 4) is 0 Å². The van der Waals surface area contributed by atoms with E-state index in [1.54, 1.807) is 22.7 Å². The quantitative estimate of drug-likeness (QED) is 0.508. The van der Waals surface area contributed by atoms with Crippen molar-refractivity contribution in [2.75, 3.05) is 19.7 Å². The molecule has 1 amide bonds. The molecule has 1 aliphatic heterocycles. The smallest absolute Gasteiger partial charge is 0.309 e. The molecule has 1 fully saturated rings. The number of aromatic nitrogens is 2. The van der Waals surface area contributed by atoms with Gasteiger partial charge in [0.15, 0.2) is 0 Å². The zero-order valence-electron chi connectivity index (χ0n) is 17.4. The molecule has 0 atom stereocenters. The standard InChI is InChI=1S/C21H29N3O4S/c1-4-6-7-10-24-13-22-18-16(19(24)25)14(3)17(29-18)20(26)23-11-8-15(9-12-23)21(27)28-5-2/h13,15H,4-12H2,1-3H3. The summed E-state index contributed by atoms with van der Waals surface area (Å²) < 4.78 is 6.74. The van der Waals surface area contributed by atoms with Gasteiger partial charge in [-0.05, 0) is 38.7 Å². The Morgan fingerprint density at radius 3 is 2.62 bits per heavy atom. The van der Waals surface area contributed by atoms with E-state index >= 15 is 0 Å². The average Bonchev–Trinajstić information content (AvgIpc) is 3.07. The van der Waals surface area contributed by atoms with E-state index in [2.05, 4.69) is 11.9 Å². The third kappa shape index (κ3) is 4.52. The van der Waals surface area contributed by atoms with Crippen LogP contribution in [0.2, 0.25) is 0 Å². The lowest BCUT2D eigenvalue weighted by Crippen LogP contribution is -2.40. The average molecular weight is 420 g/mol. The highest BCUT2D eigenvalue weighted by atomic mass is 32.1. The first-order valence-corrected chi connectivity index (χ1v) is 11.2. The molecule has 158 valence electrons. The third-order valence-electron chi connectivity index (χ3n) is 5.52. The van der Waals surface area contributed by atoms with Gasteiger partial charge in [0, 0.05) is 19.6 Å². The number of likely N-dealkylation sites (tertiary alicyclic amines) is 1. The number of hydrogen-bond donors (Lipinski definition) is 0. The summed E-state index contributed by atoms with van der Waals surface area (Å²) in [6, 6.07) is 0. The zero-order valence-corrected chi connectivity index (χ0v) is 18.2. The molecule has 0 N–H and O–H groups in total. The second kappa shape index (κ2) is 9.52. The van der Waals surface area contributed by atoms with Crippen LogP contribution in [0.25, 0.3) is 10.2 Å². The normalized spacial score (nSPS) is 15.1. The number of carbonyl (C=O) groups is 2. The fourth-order valence-corrected chi connectivity index (χ4v) is 4.88. The monoisotopic (exact) mass is 419 g/mol. The molecule has 1 saturated heterocycles. The molecule has 0 unspecified atom stereocenters. The molecule has 3 rings (SSSR count). The summed E-state index contributed by atoms with van der Waals surface area (Å²) in [6.45, 7) is 7.82. The molecule has 29 heavy (non-hydrogen) atoms. The van der Waals surface area contributed by atoms with E-state index < -0.39 is 0 Å². The Hall–Kier alpha value is -2.22. The van der Waals surface area contributed by atoms with Crippen LogP contribution in [0.15, 0.2) is 11.1 Å². The highest BCUT2D eigenvalue weighted by Gasteiger charge is 2.30. The number of unbranched alkanes of at least 4 members (excludes halogenated alkanes) is 2. The molecule has 7 nitrogen and oxygen atoms in total. The predicted molar refractivity (Wildman–Crippen MR) is 113 cm³/mol. The summed E-state index contributed by atoms with van der Waals surface area (Å²) in [5.41, 5.74) is 0.643. The van der Waals surface area contributed by atoms with Crippen molar-refractivity contribution in [2.24, 2.45) is 5.92 Å². The van der Waals surface area contributed by atoms with Crippen LogP contribution < -0.4 is 5.56 Å². The van der Waals surface area contributed by atoms with E-state index in [-0.39, 0.29) is 23.4 Å². The number of nitrogens with zero attached hydrogens (tertiary/aromatic N) is 3. The molecule has 3 heterocycles. The van der Waals surface area contributed by atoms with Crippen LogP contribution in [0.3, 0.4) is 0 Å². The number of ether oxygens (including phenoxy) is 1. The van der Waals surface area contributed by atoms with Crippen LogP contribution in [0, 0.1) is 12.8 Å². The fraction of sp³-hybridized carbons (Fsp3) is 0.619. The third-order valence-corrected chi connectivity index (χ3v) is 6.70. The predicted octanol–water partition coefficient (Wildman–Crippen LogP) is 3.37. The topological polar surface area (TPSA) is 81.5 Å². The van der Waals surface area contributed by atoms with Crippen molar-refractivity contribution in [1.29, 1.82) is 0 Å². The van der Waals surface area contributed by atoms with Crippen LogP contribution in [0.5, 0.6) is 0 Å². The first kappa shape index (κ1) is 21.5. The number of esters is 1. The van der Waals surface area contributed by atoms with E-state index in [0.717, 1.165) is 19.3 Å². The number of fused-ring (bicyclic) bond motifs is 1. The lowest BCUT2D eigenvalue weighted by atomic mass is 9.97. The van der Waals surface area contributed by atoms with Crippen molar-refractivity contribution in [3.05, 3.63) is 27.1 Å². The van der Waals surface area contributed by atoms with Crippen molar-refractivity contribution in [3.63, 3.8) is 0 Å². The minimum Gasteiger partial charge on any atom is -0.466 e. The molecule has 2 aromatic rings. The van der Waals surface area contributed by atoms with Gasteiger partial charge in [0.1, 0.15) is 4.83 Å². The summed E-state index contributed by atoms with van der Waals surface area (Å²) >= 11 is 1.28. The Labute approximate surface area is 174 Å². The minimum absolute atomic E-state index is 0.0695. The SMILES string of the molecule is CCCCCn1cnc2sc(C(=O)N3CCC(C(=O)OCC)CC3)c(C)c2c1=O. The molecule has 0 aliphatic carbocycles. The van der Waals surface area contributed by atoms with Gasteiger partial charge >= 0.3 is 5.97 Å². The van der Waals surface area contributed by atoms with Crippen molar-refractivity contribution in [1.82, 2.24) is 14.5 Å². The molecule has 8 heteroatoms. The van der Waals surface area contributed by atoms with Gasteiger partial charge in [-0.25, -0.2) is 4.98 Å². The number of thiophene rings is 1. The maximum Gasteiger partial charge on any atom is 0.309 e. The summed E-state index contributed by atoms with van der Waals surface area (Å²) in [7, 11) is 0. The van der Waals surface area contributed by atoms with Crippen LogP contribution in [-0.2, 0) is 16.1 Å². The van der Waals surface area contributed by atoms with E-state index in [1.165, 1.54) is 11.3 Å². The Balaban J connectivity index is 1.77. The summed E-state index contributed by atoms with van der Waals surface area (Å²) in [4.78, 5) is 45.3. The summed E-state index contributed by atoms with van der Waals surface area (Å²) in [6.07, 6.45) is 5.91. The second-order valence-electron chi connectivity index (χ2n) is 7.51. The van der Waals surface area contributed by atoms with Crippen LogP contribution in [0.1, 0.15) is 61.2 Å². The van der Waals surface area contributed by atoms with E-state index in [0.29, 0.717) is 59.7 Å². The highest BCUT2D eigenvalue weighted by Crippen LogP contribution is 2.29. The zero-order chi connectivity index (χ0) is 21.0. The fourth-order valence-electron chi connectivity index (χ4n) is 3.78. The number of rotatable bonds is 7. The van der Waals surface area contributed by atoms with Crippen LogP contribution in [-0.4, -0.2) is 46.0 Å². The molecular formula is C21H29N3O4S. The van der Waals surface area contributed by atoms with Gasteiger partial charge in [0.05, 0.1) is 29.1 Å². The molecule has 0 aromatic carbocycles. The maximum absolute atomic E-state index is 13.1. The summed E-state index contributed by atoms with van der Waals surface area (Å²) in [5, 5.41) is 0.554. The molecule has 0 bridgehead atoms. The number of aryl methyl sites for hydroxylation is 2. The lowest BCUT2D eigenvalue weighted by Gasteiger charge is -2.30. The number of carbonyl (C=O) groups excluding carboxylic acids is 2. The molecule has 0 spiro atoms. The van der Waals surface area contributed by atoms with Gasteiger partial charge in [0.2, 0.25) is 0 Å². The van der Waals surface area contributed by atoms with Crippen molar-refractivity contribution < 1.29 is 14.3 Å². The molecule has 0 radical (unpaired) electrons. The molecule has 1 aliphatic rings. The highest BCUT2D eigenvalue weighted by molar-refractivity contribution is 7.20. The lowest BCUT2D eigenvalue weighted by molar-refractivity contribution is -0.149. The second-order valence-corrected chi connectivity index (χ2v) is 8.50.